The Bertz CT molecular complexity index is 640. The number of amides is 2. The molecule has 7 heteroatoms. The molecule has 1 aromatic rings. The summed E-state index contributed by atoms with van der Waals surface area (Å²) >= 11 is 0. The molecule has 138 valence electrons. The van der Waals surface area contributed by atoms with Crippen LogP contribution in [-0.2, 0) is 29.0 Å². The van der Waals surface area contributed by atoms with Crippen molar-refractivity contribution in [3.8, 4) is 0 Å². The minimum absolute atomic E-state index is 0.0215. The van der Waals surface area contributed by atoms with Gasteiger partial charge in [0, 0.05) is 45.1 Å². The lowest BCUT2D eigenvalue weighted by atomic mass is 9.96. The van der Waals surface area contributed by atoms with Crippen molar-refractivity contribution in [2.75, 3.05) is 40.8 Å². The van der Waals surface area contributed by atoms with Crippen molar-refractivity contribution in [2.45, 2.75) is 38.6 Å². The lowest BCUT2D eigenvalue weighted by molar-refractivity contribution is -0.135. The Morgan fingerprint density at radius 3 is 2.80 bits per heavy atom. The number of likely N-dealkylation sites (N-methyl/N-ethyl adjacent to an activating group) is 1. The van der Waals surface area contributed by atoms with Crippen LogP contribution >= 0.6 is 0 Å². The lowest BCUT2D eigenvalue weighted by Crippen LogP contribution is -2.36. The minimum atomic E-state index is -0.248. The largest absolute Gasteiger partial charge is 0.361 e. The summed E-state index contributed by atoms with van der Waals surface area (Å²) in [5.74, 6) is 0.830. The van der Waals surface area contributed by atoms with Crippen LogP contribution < -0.4 is 0 Å². The molecule has 2 amide bonds. The standard InChI is InChI=1S/C18H28N4O3/c1-20(2)8-9-22-11-13(10-17(22)23)18(24)21(3)12-15-14-6-4-5-7-16(14)25-19-15/h13H,4-12H2,1-3H3/t13-/m0/s1. The molecule has 0 N–H and O–H groups in total. The molecule has 0 unspecified atom stereocenters. The zero-order chi connectivity index (χ0) is 18.0. The van der Waals surface area contributed by atoms with E-state index in [2.05, 4.69) is 5.16 Å². The van der Waals surface area contributed by atoms with Gasteiger partial charge in [0.2, 0.25) is 11.8 Å². The molecule has 1 saturated heterocycles. The van der Waals surface area contributed by atoms with E-state index in [1.807, 2.05) is 19.0 Å². The first-order chi connectivity index (χ1) is 12.0. The van der Waals surface area contributed by atoms with Crippen LogP contribution in [0.4, 0.5) is 0 Å². The zero-order valence-corrected chi connectivity index (χ0v) is 15.5. The van der Waals surface area contributed by atoms with Gasteiger partial charge in [-0.05, 0) is 33.4 Å². The van der Waals surface area contributed by atoms with E-state index in [1.165, 1.54) is 5.56 Å². The second-order valence-corrected chi connectivity index (χ2v) is 7.48. The molecular formula is C18H28N4O3. The Kier molecular flexibility index (Phi) is 5.42. The summed E-state index contributed by atoms with van der Waals surface area (Å²) in [5, 5.41) is 4.17. The quantitative estimate of drug-likeness (QED) is 0.765. The fourth-order valence-corrected chi connectivity index (χ4v) is 3.66. The van der Waals surface area contributed by atoms with E-state index >= 15 is 0 Å². The van der Waals surface area contributed by atoms with Crippen molar-refractivity contribution in [1.82, 2.24) is 19.9 Å². The number of nitrogens with zero attached hydrogens (tertiary/aromatic N) is 4. The summed E-state index contributed by atoms with van der Waals surface area (Å²) < 4.78 is 5.43. The minimum Gasteiger partial charge on any atom is -0.361 e. The van der Waals surface area contributed by atoms with Gasteiger partial charge in [0.25, 0.3) is 0 Å². The Morgan fingerprint density at radius 1 is 1.28 bits per heavy atom. The number of fused-ring (bicyclic) bond motifs is 1. The monoisotopic (exact) mass is 348 g/mol. The summed E-state index contributed by atoms with van der Waals surface area (Å²) in [6, 6.07) is 0. The summed E-state index contributed by atoms with van der Waals surface area (Å²) in [7, 11) is 5.75. The van der Waals surface area contributed by atoms with Crippen LogP contribution in [-0.4, -0.2) is 72.4 Å². The van der Waals surface area contributed by atoms with Gasteiger partial charge in [0.15, 0.2) is 0 Å². The highest BCUT2D eigenvalue weighted by Gasteiger charge is 2.36. The number of carbonyl (C=O) groups is 2. The van der Waals surface area contributed by atoms with Crippen molar-refractivity contribution < 1.29 is 14.1 Å². The van der Waals surface area contributed by atoms with Crippen molar-refractivity contribution in [2.24, 2.45) is 5.92 Å². The van der Waals surface area contributed by atoms with Crippen LogP contribution in [0.2, 0.25) is 0 Å². The van der Waals surface area contributed by atoms with Crippen molar-refractivity contribution >= 4 is 11.8 Å². The predicted molar refractivity (Wildman–Crippen MR) is 92.9 cm³/mol. The molecule has 0 saturated carbocycles. The Hall–Kier alpha value is -1.89. The van der Waals surface area contributed by atoms with Crippen LogP contribution in [0.5, 0.6) is 0 Å². The molecule has 1 aromatic heterocycles. The van der Waals surface area contributed by atoms with E-state index in [4.69, 9.17) is 4.52 Å². The number of hydrogen-bond donors (Lipinski definition) is 0. The Balaban J connectivity index is 1.57. The number of hydrogen-bond acceptors (Lipinski definition) is 5. The third kappa shape index (κ3) is 4.03. The number of aryl methyl sites for hydroxylation is 1. The van der Waals surface area contributed by atoms with Gasteiger partial charge in [-0.3, -0.25) is 9.59 Å². The van der Waals surface area contributed by atoms with Crippen LogP contribution in [0.1, 0.15) is 36.3 Å². The van der Waals surface area contributed by atoms with Gasteiger partial charge >= 0.3 is 0 Å². The molecule has 3 rings (SSSR count). The highest BCUT2D eigenvalue weighted by molar-refractivity contribution is 5.89. The summed E-state index contributed by atoms with van der Waals surface area (Å²) in [6.07, 6.45) is 4.53. The third-order valence-corrected chi connectivity index (χ3v) is 5.18. The number of rotatable bonds is 6. The SMILES string of the molecule is CN(C)CCN1C[C@@H](C(=O)N(C)Cc2noc3c2CCCC3)CC1=O. The molecule has 0 bridgehead atoms. The molecule has 7 nitrogen and oxygen atoms in total. The predicted octanol–water partition coefficient (Wildman–Crippen LogP) is 0.922. The maximum atomic E-state index is 12.7. The highest BCUT2D eigenvalue weighted by Crippen LogP contribution is 2.26. The summed E-state index contributed by atoms with van der Waals surface area (Å²) in [5.41, 5.74) is 2.06. The topological polar surface area (TPSA) is 69.9 Å². The second kappa shape index (κ2) is 7.56. The van der Waals surface area contributed by atoms with E-state index in [0.29, 0.717) is 26.1 Å². The number of carbonyl (C=O) groups excluding carboxylic acids is 2. The van der Waals surface area contributed by atoms with Gasteiger partial charge in [0.05, 0.1) is 12.5 Å². The number of aromatic nitrogens is 1. The smallest absolute Gasteiger partial charge is 0.228 e. The molecular weight excluding hydrogens is 320 g/mol. The Labute approximate surface area is 148 Å². The molecule has 1 aliphatic heterocycles. The average molecular weight is 348 g/mol. The van der Waals surface area contributed by atoms with Gasteiger partial charge in [-0.25, -0.2) is 0 Å². The summed E-state index contributed by atoms with van der Waals surface area (Å²) in [4.78, 5) is 30.4. The molecule has 0 radical (unpaired) electrons. The Morgan fingerprint density at radius 2 is 2.04 bits per heavy atom. The van der Waals surface area contributed by atoms with Crippen molar-refractivity contribution in [3.63, 3.8) is 0 Å². The van der Waals surface area contributed by atoms with Gasteiger partial charge in [-0.15, -0.1) is 0 Å². The van der Waals surface area contributed by atoms with Crippen LogP contribution in [0, 0.1) is 5.92 Å². The first kappa shape index (κ1) is 17.9. The maximum absolute atomic E-state index is 12.7. The second-order valence-electron chi connectivity index (χ2n) is 7.48. The summed E-state index contributed by atoms with van der Waals surface area (Å²) in [6.45, 7) is 2.47. The fraction of sp³-hybridized carbons (Fsp3) is 0.722. The van der Waals surface area contributed by atoms with Crippen molar-refractivity contribution in [1.29, 1.82) is 0 Å². The van der Waals surface area contributed by atoms with E-state index < -0.39 is 0 Å². The lowest BCUT2D eigenvalue weighted by Gasteiger charge is -2.22. The molecule has 2 aliphatic rings. The van der Waals surface area contributed by atoms with E-state index in [9.17, 15) is 9.59 Å². The van der Waals surface area contributed by atoms with Crippen molar-refractivity contribution in [3.05, 3.63) is 17.0 Å². The molecule has 1 aliphatic carbocycles. The molecule has 2 heterocycles. The fourth-order valence-electron chi connectivity index (χ4n) is 3.66. The van der Waals surface area contributed by atoms with E-state index in [1.54, 1.807) is 16.8 Å². The molecule has 1 atom stereocenters. The van der Waals surface area contributed by atoms with Gasteiger partial charge in [0.1, 0.15) is 11.5 Å². The molecule has 1 fully saturated rings. The van der Waals surface area contributed by atoms with E-state index in [0.717, 1.165) is 43.7 Å². The molecule has 0 aromatic carbocycles. The average Bonchev–Trinajstić information content (AvgIpc) is 3.16. The van der Waals surface area contributed by atoms with Gasteiger partial charge in [-0.1, -0.05) is 5.16 Å². The van der Waals surface area contributed by atoms with Crippen LogP contribution in [0.3, 0.4) is 0 Å². The first-order valence-corrected chi connectivity index (χ1v) is 9.09. The van der Waals surface area contributed by atoms with E-state index in [-0.39, 0.29) is 17.7 Å². The van der Waals surface area contributed by atoms with Crippen LogP contribution in [0.15, 0.2) is 4.52 Å². The van der Waals surface area contributed by atoms with Gasteiger partial charge < -0.3 is 19.2 Å². The highest BCUT2D eigenvalue weighted by atomic mass is 16.5. The zero-order valence-electron chi connectivity index (χ0n) is 15.5. The normalized spacial score (nSPS) is 20.2. The van der Waals surface area contributed by atoms with Gasteiger partial charge in [-0.2, -0.15) is 0 Å². The number of likely N-dealkylation sites (tertiary alicyclic amines) is 1. The third-order valence-electron chi connectivity index (χ3n) is 5.18. The first-order valence-electron chi connectivity index (χ1n) is 9.09. The maximum Gasteiger partial charge on any atom is 0.228 e. The molecule has 25 heavy (non-hydrogen) atoms. The van der Waals surface area contributed by atoms with Crippen LogP contribution in [0.25, 0.3) is 0 Å². The molecule has 0 spiro atoms.